The van der Waals surface area contributed by atoms with Gasteiger partial charge in [0.1, 0.15) is 0 Å². The molecule has 2 rings (SSSR count). The molecule has 0 unspecified atom stereocenters. The molecule has 0 spiro atoms. The summed E-state index contributed by atoms with van der Waals surface area (Å²) in [4.78, 5) is 2.46. The third kappa shape index (κ3) is 1.57. The van der Waals surface area contributed by atoms with Gasteiger partial charge in [-0.2, -0.15) is 0 Å². The molecule has 0 fully saturated rings. The van der Waals surface area contributed by atoms with Gasteiger partial charge in [-0.15, -0.1) is 0 Å². The summed E-state index contributed by atoms with van der Waals surface area (Å²) in [6, 6.07) is 7.19. The van der Waals surface area contributed by atoms with E-state index in [2.05, 4.69) is 49.2 Å². The molecule has 0 bridgehead atoms. The van der Waals surface area contributed by atoms with Crippen LogP contribution in [0.4, 0.5) is 11.4 Å². The van der Waals surface area contributed by atoms with Crippen LogP contribution in [0.15, 0.2) is 18.2 Å². The zero-order valence-electron chi connectivity index (χ0n) is 9.17. The average molecular weight is 190 g/mol. The summed E-state index contributed by atoms with van der Waals surface area (Å²) in [5.74, 6) is 0. The molecule has 76 valence electrons. The van der Waals surface area contributed by atoms with E-state index >= 15 is 0 Å². The Morgan fingerprint density at radius 1 is 1.36 bits per heavy atom. The molecular formula is C12H18N2. The summed E-state index contributed by atoms with van der Waals surface area (Å²) < 4.78 is 0. The van der Waals surface area contributed by atoms with Crippen LogP contribution >= 0.6 is 0 Å². The Morgan fingerprint density at radius 3 is 2.86 bits per heavy atom. The highest BCUT2D eigenvalue weighted by Gasteiger charge is 2.18. The van der Waals surface area contributed by atoms with Gasteiger partial charge < -0.3 is 10.2 Å². The zero-order valence-corrected chi connectivity index (χ0v) is 9.17. The lowest BCUT2D eigenvalue weighted by atomic mass is 10.1. The molecule has 0 saturated heterocycles. The van der Waals surface area contributed by atoms with Gasteiger partial charge in [0.25, 0.3) is 0 Å². The van der Waals surface area contributed by atoms with Crippen molar-refractivity contribution >= 4 is 11.4 Å². The number of hydrogen-bond donors (Lipinski definition) is 1. The minimum Gasteiger partial charge on any atom is -0.382 e. The molecule has 1 aliphatic rings. The van der Waals surface area contributed by atoms with Crippen LogP contribution in [-0.2, 0) is 0 Å². The molecule has 2 heteroatoms. The van der Waals surface area contributed by atoms with Gasteiger partial charge in [0.05, 0.1) is 11.4 Å². The van der Waals surface area contributed by atoms with Crippen LogP contribution in [0.25, 0.3) is 0 Å². The number of aryl methyl sites for hydroxylation is 1. The molecule has 1 aromatic rings. The molecule has 1 heterocycles. The average Bonchev–Trinajstić information content (AvgIpc) is 2.16. The molecule has 0 aliphatic carbocycles. The molecule has 14 heavy (non-hydrogen) atoms. The Bertz CT molecular complexity index is 331. The Morgan fingerprint density at radius 2 is 2.14 bits per heavy atom. The van der Waals surface area contributed by atoms with E-state index in [0.717, 1.165) is 13.1 Å². The summed E-state index contributed by atoms with van der Waals surface area (Å²) >= 11 is 0. The van der Waals surface area contributed by atoms with Crippen LogP contribution in [0.5, 0.6) is 0 Å². The van der Waals surface area contributed by atoms with E-state index in [1.807, 2.05) is 0 Å². The minimum atomic E-state index is 0.581. The van der Waals surface area contributed by atoms with Crippen molar-refractivity contribution in [3.05, 3.63) is 23.8 Å². The smallest absolute Gasteiger partial charge is 0.0607 e. The van der Waals surface area contributed by atoms with E-state index in [1.165, 1.54) is 16.9 Å². The Balaban J connectivity index is 2.41. The van der Waals surface area contributed by atoms with E-state index in [1.54, 1.807) is 0 Å². The molecule has 1 aromatic carbocycles. The van der Waals surface area contributed by atoms with Gasteiger partial charge in [-0.05, 0) is 38.5 Å². The number of hydrogen-bond acceptors (Lipinski definition) is 2. The number of nitrogens with zero attached hydrogens (tertiary/aromatic N) is 1. The number of benzene rings is 1. The number of rotatable bonds is 1. The summed E-state index contributed by atoms with van der Waals surface area (Å²) in [6.07, 6.45) is 0. The minimum absolute atomic E-state index is 0.581. The van der Waals surface area contributed by atoms with Crippen LogP contribution in [0.2, 0.25) is 0 Å². The van der Waals surface area contributed by atoms with E-state index in [-0.39, 0.29) is 0 Å². The van der Waals surface area contributed by atoms with Gasteiger partial charge in [0.15, 0.2) is 0 Å². The predicted molar refractivity (Wildman–Crippen MR) is 62.2 cm³/mol. The topological polar surface area (TPSA) is 15.3 Å². The monoisotopic (exact) mass is 190 g/mol. The van der Waals surface area contributed by atoms with Crippen LogP contribution in [-0.4, -0.2) is 19.1 Å². The first kappa shape index (κ1) is 9.38. The van der Waals surface area contributed by atoms with Crippen molar-refractivity contribution < 1.29 is 0 Å². The Hall–Kier alpha value is -1.18. The van der Waals surface area contributed by atoms with Gasteiger partial charge in [0.2, 0.25) is 0 Å². The fourth-order valence-electron chi connectivity index (χ4n) is 2.00. The van der Waals surface area contributed by atoms with E-state index in [0.29, 0.717) is 6.04 Å². The van der Waals surface area contributed by atoms with Crippen molar-refractivity contribution in [2.75, 3.05) is 23.3 Å². The van der Waals surface area contributed by atoms with Crippen LogP contribution in [0.3, 0.4) is 0 Å². The molecule has 0 amide bonds. The number of nitrogens with one attached hydrogen (secondary N) is 1. The van der Waals surface area contributed by atoms with Crippen LogP contribution in [0, 0.1) is 6.92 Å². The summed E-state index contributed by atoms with van der Waals surface area (Å²) in [7, 11) is 0. The highest BCUT2D eigenvalue weighted by atomic mass is 15.2. The lowest BCUT2D eigenvalue weighted by Gasteiger charge is -2.35. The van der Waals surface area contributed by atoms with Crippen molar-refractivity contribution in [1.82, 2.24) is 0 Å². The van der Waals surface area contributed by atoms with E-state index < -0.39 is 0 Å². The standard InChI is InChI=1S/C12H18N2/c1-9(2)14-7-6-13-11-5-4-10(3)8-12(11)14/h4-5,8-9,13H,6-7H2,1-3H3. The molecule has 0 saturated carbocycles. The third-order valence-corrected chi connectivity index (χ3v) is 2.75. The Labute approximate surface area is 85.9 Å². The van der Waals surface area contributed by atoms with E-state index in [4.69, 9.17) is 0 Å². The maximum Gasteiger partial charge on any atom is 0.0607 e. The van der Waals surface area contributed by atoms with Gasteiger partial charge in [0, 0.05) is 19.1 Å². The van der Waals surface area contributed by atoms with Crippen molar-refractivity contribution in [2.45, 2.75) is 26.8 Å². The first-order chi connectivity index (χ1) is 6.68. The van der Waals surface area contributed by atoms with Crippen molar-refractivity contribution in [3.63, 3.8) is 0 Å². The van der Waals surface area contributed by atoms with Crippen molar-refractivity contribution in [2.24, 2.45) is 0 Å². The summed E-state index contributed by atoms with van der Waals surface area (Å²) in [5, 5.41) is 3.43. The molecule has 1 N–H and O–H groups in total. The van der Waals surface area contributed by atoms with Gasteiger partial charge in [-0.3, -0.25) is 0 Å². The molecule has 2 nitrogen and oxygen atoms in total. The summed E-state index contributed by atoms with van der Waals surface area (Å²) in [6.45, 7) is 8.80. The molecular weight excluding hydrogens is 172 g/mol. The number of anilines is 2. The second-order valence-electron chi connectivity index (χ2n) is 4.23. The lowest BCUT2D eigenvalue weighted by molar-refractivity contribution is 0.681. The largest absolute Gasteiger partial charge is 0.382 e. The van der Waals surface area contributed by atoms with Crippen LogP contribution in [0.1, 0.15) is 19.4 Å². The normalized spacial score (nSPS) is 15.3. The SMILES string of the molecule is Cc1ccc2c(c1)N(C(C)C)CCN2. The molecule has 0 radical (unpaired) electrons. The molecule has 0 atom stereocenters. The van der Waals surface area contributed by atoms with Crippen molar-refractivity contribution in [3.8, 4) is 0 Å². The second kappa shape index (κ2) is 3.52. The predicted octanol–water partition coefficient (Wildman–Crippen LogP) is 2.64. The van der Waals surface area contributed by atoms with E-state index in [9.17, 15) is 0 Å². The quantitative estimate of drug-likeness (QED) is 0.732. The zero-order chi connectivity index (χ0) is 10.1. The highest BCUT2D eigenvalue weighted by Crippen LogP contribution is 2.30. The summed E-state index contributed by atoms with van der Waals surface area (Å²) in [5.41, 5.74) is 3.96. The first-order valence-electron chi connectivity index (χ1n) is 5.29. The van der Waals surface area contributed by atoms with Crippen molar-refractivity contribution in [1.29, 1.82) is 0 Å². The fourth-order valence-corrected chi connectivity index (χ4v) is 2.00. The molecule has 1 aliphatic heterocycles. The first-order valence-corrected chi connectivity index (χ1v) is 5.29. The highest BCUT2D eigenvalue weighted by molar-refractivity contribution is 5.73. The number of fused-ring (bicyclic) bond motifs is 1. The Kier molecular flexibility index (Phi) is 2.36. The fraction of sp³-hybridized carbons (Fsp3) is 0.500. The van der Waals surface area contributed by atoms with Gasteiger partial charge in [-0.25, -0.2) is 0 Å². The maximum atomic E-state index is 3.43. The van der Waals surface area contributed by atoms with Gasteiger partial charge >= 0.3 is 0 Å². The second-order valence-corrected chi connectivity index (χ2v) is 4.23. The maximum absolute atomic E-state index is 3.43. The van der Waals surface area contributed by atoms with Crippen LogP contribution < -0.4 is 10.2 Å². The lowest BCUT2D eigenvalue weighted by Crippen LogP contribution is -2.38. The third-order valence-electron chi connectivity index (χ3n) is 2.75. The van der Waals surface area contributed by atoms with Gasteiger partial charge in [-0.1, -0.05) is 6.07 Å². The molecule has 0 aromatic heterocycles.